The molecule has 0 aliphatic rings. The van der Waals surface area contributed by atoms with Crippen LogP contribution in [0.3, 0.4) is 0 Å². The summed E-state index contributed by atoms with van der Waals surface area (Å²) >= 11 is 12.3. The van der Waals surface area contributed by atoms with E-state index in [0.717, 1.165) is 21.3 Å². The van der Waals surface area contributed by atoms with E-state index < -0.39 is 33.4 Å². The third-order valence-corrected chi connectivity index (χ3v) is 6.47. The molecular formula is C10H11Cl2NO6S2. The number of thiophene rings is 1. The van der Waals surface area contributed by atoms with Crippen LogP contribution in [-0.2, 0) is 24.3 Å². The van der Waals surface area contributed by atoms with E-state index in [1.165, 1.54) is 0 Å². The van der Waals surface area contributed by atoms with Gasteiger partial charge in [-0.05, 0) is 0 Å². The fourth-order valence-electron chi connectivity index (χ4n) is 1.31. The summed E-state index contributed by atoms with van der Waals surface area (Å²) in [5.41, 5.74) is 0. The van der Waals surface area contributed by atoms with Crippen molar-refractivity contribution in [1.82, 2.24) is 4.31 Å². The van der Waals surface area contributed by atoms with Gasteiger partial charge in [-0.15, -0.1) is 11.3 Å². The molecule has 1 heterocycles. The molecule has 0 spiro atoms. The van der Waals surface area contributed by atoms with Crippen molar-refractivity contribution in [2.75, 3.05) is 27.8 Å². The van der Waals surface area contributed by atoms with Crippen molar-refractivity contribution in [3.63, 3.8) is 0 Å². The second-order valence-electron chi connectivity index (χ2n) is 3.68. The molecular weight excluding hydrogens is 365 g/mol. The molecule has 0 unspecified atom stereocenters. The molecule has 0 amide bonds. The Hall–Kier alpha value is -0.870. The SMILES string of the molecule is COC(=O)CN(C)S(=O)(=O)c1c(C(=O)OC)sc(Cl)c1Cl. The van der Waals surface area contributed by atoms with Crippen LogP contribution < -0.4 is 0 Å². The molecule has 1 aromatic rings. The van der Waals surface area contributed by atoms with E-state index in [2.05, 4.69) is 9.47 Å². The van der Waals surface area contributed by atoms with Crippen LogP contribution in [0.1, 0.15) is 9.67 Å². The van der Waals surface area contributed by atoms with Gasteiger partial charge in [0, 0.05) is 7.05 Å². The first-order valence-electron chi connectivity index (χ1n) is 5.26. The maximum Gasteiger partial charge on any atom is 0.349 e. The first-order chi connectivity index (χ1) is 9.66. The number of rotatable bonds is 5. The van der Waals surface area contributed by atoms with Crippen LogP contribution in [0.15, 0.2) is 4.90 Å². The molecule has 0 aliphatic carbocycles. The largest absolute Gasteiger partial charge is 0.468 e. The fraction of sp³-hybridized carbons (Fsp3) is 0.400. The third-order valence-electron chi connectivity index (χ3n) is 2.39. The number of methoxy groups -OCH3 is 2. The van der Waals surface area contributed by atoms with Crippen molar-refractivity contribution in [3.05, 3.63) is 14.2 Å². The van der Waals surface area contributed by atoms with E-state index in [1.807, 2.05) is 0 Å². The Morgan fingerprint density at radius 3 is 2.29 bits per heavy atom. The van der Waals surface area contributed by atoms with Crippen molar-refractivity contribution in [1.29, 1.82) is 0 Å². The summed E-state index contributed by atoms with van der Waals surface area (Å²) < 4.78 is 34.4. The van der Waals surface area contributed by atoms with Crippen LogP contribution in [0.25, 0.3) is 0 Å². The number of sulfonamides is 1. The minimum atomic E-state index is -4.21. The van der Waals surface area contributed by atoms with Gasteiger partial charge in [0.2, 0.25) is 10.0 Å². The molecule has 11 heteroatoms. The Kier molecular flexibility index (Phi) is 6.00. The topological polar surface area (TPSA) is 90.0 Å². The monoisotopic (exact) mass is 375 g/mol. The second-order valence-corrected chi connectivity index (χ2v) is 7.66. The maximum atomic E-state index is 12.4. The van der Waals surface area contributed by atoms with Crippen molar-refractivity contribution in [3.8, 4) is 0 Å². The number of carbonyl (C=O) groups excluding carboxylic acids is 2. The highest BCUT2D eigenvalue weighted by Gasteiger charge is 2.34. The van der Waals surface area contributed by atoms with Gasteiger partial charge in [0.25, 0.3) is 0 Å². The van der Waals surface area contributed by atoms with E-state index in [-0.39, 0.29) is 14.2 Å². The summed E-state index contributed by atoms with van der Waals surface area (Å²) in [5.74, 6) is -1.66. The number of ether oxygens (including phenoxy) is 2. The molecule has 0 radical (unpaired) electrons. The van der Waals surface area contributed by atoms with Crippen LogP contribution in [0.2, 0.25) is 9.36 Å². The molecule has 118 valence electrons. The lowest BCUT2D eigenvalue weighted by Gasteiger charge is -2.16. The Bertz CT molecular complexity index is 669. The lowest BCUT2D eigenvalue weighted by atomic mass is 10.5. The normalized spacial score (nSPS) is 11.5. The minimum Gasteiger partial charge on any atom is -0.468 e. The highest BCUT2D eigenvalue weighted by atomic mass is 35.5. The lowest BCUT2D eigenvalue weighted by Crippen LogP contribution is -2.33. The highest BCUT2D eigenvalue weighted by molar-refractivity contribution is 7.89. The molecule has 1 rings (SSSR count). The molecule has 0 atom stereocenters. The Morgan fingerprint density at radius 2 is 1.81 bits per heavy atom. The summed E-state index contributed by atoms with van der Waals surface area (Å²) in [6.07, 6.45) is 0. The minimum absolute atomic E-state index is 0.0675. The first kappa shape index (κ1) is 18.2. The average Bonchev–Trinajstić information content (AvgIpc) is 2.74. The highest BCUT2D eigenvalue weighted by Crippen LogP contribution is 2.41. The van der Waals surface area contributed by atoms with Gasteiger partial charge < -0.3 is 9.47 Å². The number of esters is 2. The van der Waals surface area contributed by atoms with Crippen LogP contribution >= 0.6 is 34.5 Å². The predicted octanol–water partition coefficient (Wildman–Crippen LogP) is 1.64. The number of likely N-dealkylation sites (N-methyl/N-ethyl adjacent to an activating group) is 1. The zero-order chi connectivity index (χ0) is 16.4. The zero-order valence-electron chi connectivity index (χ0n) is 11.2. The standard InChI is InChI=1S/C10H11Cl2NO6S2/c1-13(4-5(14)18-2)21(16,17)8-6(11)9(12)20-7(8)10(15)19-3/h4H2,1-3H3. The summed E-state index contributed by atoms with van der Waals surface area (Å²) in [6.45, 7) is -0.538. The Morgan fingerprint density at radius 1 is 1.24 bits per heavy atom. The zero-order valence-corrected chi connectivity index (χ0v) is 14.3. The van der Waals surface area contributed by atoms with Crippen LogP contribution in [0, 0.1) is 0 Å². The summed E-state index contributed by atoms with van der Waals surface area (Å²) in [6, 6.07) is 0. The van der Waals surface area contributed by atoms with Gasteiger partial charge in [0.05, 0.1) is 19.2 Å². The number of carbonyl (C=O) groups is 2. The molecule has 0 fully saturated rings. The van der Waals surface area contributed by atoms with Gasteiger partial charge in [0.15, 0.2) is 0 Å². The quantitative estimate of drug-likeness (QED) is 0.726. The molecule has 0 N–H and O–H groups in total. The first-order valence-corrected chi connectivity index (χ1v) is 8.27. The molecule has 21 heavy (non-hydrogen) atoms. The fourth-order valence-corrected chi connectivity index (χ4v) is 4.73. The Labute approximate surface area is 135 Å². The van der Waals surface area contributed by atoms with E-state index in [4.69, 9.17) is 23.2 Å². The van der Waals surface area contributed by atoms with Crippen molar-refractivity contribution < 1.29 is 27.5 Å². The number of hydrogen-bond donors (Lipinski definition) is 0. The van der Waals surface area contributed by atoms with E-state index in [1.54, 1.807) is 0 Å². The number of nitrogens with zero attached hydrogens (tertiary/aromatic N) is 1. The molecule has 0 bridgehead atoms. The molecule has 0 saturated heterocycles. The molecule has 0 aliphatic heterocycles. The molecule has 0 aromatic carbocycles. The number of hydrogen-bond acceptors (Lipinski definition) is 7. The van der Waals surface area contributed by atoms with Crippen molar-refractivity contribution in [2.45, 2.75) is 4.90 Å². The van der Waals surface area contributed by atoms with Gasteiger partial charge in [-0.2, -0.15) is 4.31 Å². The smallest absolute Gasteiger partial charge is 0.349 e. The van der Waals surface area contributed by atoms with Gasteiger partial charge in [-0.25, -0.2) is 13.2 Å². The van der Waals surface area contributed by atoms with E-state index >= 15 is 0 Å². The molecule has 0 saturated carbocycles. The van der Waals surface area contributed by atoms with Crippen molar-refractivity contribution in [2.24, 2.45) is 0 Å². The Balaban J connectivity index is 3.37. The van der Waals surface area contributed by atoms with Gasteiger partial charge in [-0.1, -0.05) is 23.2 Å². The van der Waals surface area contributed by atoms with Gasteiger partial charge in [0.1, 0.15) is 20.7 Å². The summed E-state index contributed by atoms with van der Waals surface area (Å²) in [5, 5.41) is -0.293. The van der Waals surface area contributed by atoms with Crippen molar-refractivity contribution >= 4 is 56.5 Å². The summed E-state index contributed by atoms with van der Waals surface area (Å²) in [4.78, 5) is 22.1. The maximum absolute atomic E-state index is 12.4. The van der Waals surface area contributed by atoms with Crippen LogP contribution in [0.5, 0.6) is 0 Å². The van der Waals surface area contributed by atoms with Gasteiger partial charge in [-0.3, -0.25) is 4.79 Å². The number of halogens is 2. The third kappa shape index (κ3) is 3.67. The van der Waals surface area contributed by atoms with E-state index in [0.29, 0.717) is 15.6 Å². The lowest BCUT2D eigenvalue weighted by molar-refractivity contribution is -0.140. The van der Waals surface area contributed by atoms with Crippen LogP contribution in [-0.4, -0.2) is 52.5 Å². The summed E-state index contributed by atoms with van der Waals surface area (Å²) in [7, 11) is -0.848. The average molecular weight is 376 g/mol. The molecule has 1 aromatic heterocycles. The van der Waals surface area contributed by atoms with E-state index in [9.17, 15) is 18.0 Å². The predicted molar refractivity (Wildman–Crippen MR) is 77.5 cm³/mol. The second kappa shape index (κ2) is 6.93. The van der Waals surface area contributed by atoms with Crippen LogP contribution in [0.4, 0.5) is 0 Å². The van der Waals surface area contributed by atoms with Gasteiger partial charge >= 0.3 is 11.9 Å². The molecule has 7 nitrogen and oxygen atoms in total.